The number of hydrogen-bond acceptors (Lipinski definition) is 2. The van der Waals surface area contributed by atoms with Crippen LogP contribution in [0.15, 0.2) is 11.6 Å². The molecule has 0 saturated heterocycles. The number of methoxy groups -OCH3 is 1. The molecule has 1 aliphatic carbocycles. The maximum Gasteiger partial charge on any atom is 0.315 e. The van der Waals surface area contributed by atoms with Gasteiger partial charge in [-0.25, -0.2) is 0 Å². The molecule has 0 fully saturated rings. The molecule has 2 nitrogen and oxygen atoms in total. The molecule has 2 heteroatoms. The summed E-state index contributed by atoms with van der Waals surface area (Å²) in [6, 6.07) is 0. The Morgan fingerprint density at radius 3 is 2.67 bits per heavy atom. The lowest BCUT2D eigenvalue weighted by atomic mass is 9.77. The topological polar surface area (TPSA) is 26.3 Å². The number of allylic oxidation sites excluding steroid dienone is 1. The van der Waals surface area contributed by atoms with Crippen molar-refractivity contribution in [2.75, 3.05) is 7.11 Å². The Balaban J connectivity index is 2.95. The van der Waals surface area contributed by atoms with Gasteiger partial charge in [0.15, 0.2) is 0 Å². The van der Waals surface area contributed by atoms with Gasteiger partial charge in [-0.2, -0.15) is 0 Å². The van der Waals surface area contributed by atoms with Crippen LogP contribution in [0.3, 0.4) is 0 Å². The van der Waals surface area contributed by atoms with E-state index in [-0.39, 0.29) is 11.4 Å². The van der Waals surface area contributed by atoms with E-state index in [1.54, 1.807) is 0 Å². The molecular formula is C10H16O2. The summed E-state index contributed by atoms with van der Waals surface area (Å²) in [4.78, 5) is 11.5. The smallest absolute Gasteiger partial charge is 0.315 e. The van der Waals surface area contributed by atoms with Crippen molar-refractivity contribution >= 4 is 5.97 Å². The van der Waals surface area contributed by atoms with Crippen molar-refractivity contribution in [2.45, 2.75) is 27.2 Å². The number of carbonyl (C=O) groups excluding carboxylic acids is 1. The average Bonchev–Trinajstić information content (AvgIpc) is 2.32. The van der Waals surface area contributed by atoms with Crippen LogP contribution in [0.25, 0.3) is 0 Å². The van der Waals surface area contributed by atoms with Crippen molar-refractivity contribution in [1.82, 2.24) is 0 Å². The van der Waals surface area contributed by atoms with Crippen LogP contribution in [0.5, 0.6) is 0 Å². The predicted molar refractivity (Wildman–Crippen MR) is 47.7 cm³/mol. The molecule has 12 heavy (non-hydrogen) atoms. The third-order valence-corrected chi connectivity index (χ3v) is 3.19. The Morgan fingerprint density at radius 2 is 2.33 bits per heavy atom. The number of rotatable bonds is 1. The first-order valence-electron chi connectivity index (χ1n) is 4.29. The molecule has 1 rings (SSSR count). The van der Waals surface area contributed by atoms with Gasteiger partial charge in [-0.3, -0.25) is 4.79 Å². The predicted octanol–water partition coefficient (Wildman–Crippen LogP) is 2.15. The largest absolute Gasteiger partial charge is 0.468 e. The first kappa shape index (κ1) is 9.30. The zero-order valence-electron chi connectivity index (χ0n) is 8.18. The number of carbonyl (C=O) groups is 1. The molecule has 0 aromatic rings. The highest BCUT2D eigenvalue weighted by molar-refractivity contribution is 5.81. The third-order valence-electron chi connectivity index (χ3n) is 3.19. The van der Waals surface area contributed by atoms with Crippen LogP contribution >= 0.6 is 0 Å². The van der Waals surface area contributed by atoms with Crippen LogP contribution in [0.4, 0.5) is 0 Å². The summed E-state index contributed by atoms with van der Waals surface area (Å²) in [7, 11) is 1.45. The minimum absolute atomic E-state index is 0.110. The van der Waals surface area contributed by atoms with Crippen LogP contribution in [-0.2, 0) is 9.53 Å². The molecule has 68 valence electrons. The molecular weight excluding hydrogens is 152 g/mol. The van der Waals surface area contributed by atoms with E-state index in [1.165, 1.54) is 7.11 Å². The van der Waals surface area contributed by atoms with E-state index in [9.17, 15) is 4.79 Å². The Kier molecular flexibility index (Phi) is 2.27. The first-order chi connectivity index (χ1) is 5.53. The molecule has 0 amide bonds. The molecule has 1 aliphatic rings. The van der Waals surface area contributed by atoms with E-state index in [4.69, 9.17) is 4.74 Å². The minimum atomic E-state index is -0.380. The molecule has 0 aromatic heterocycles. The molecule has 0 saturated carbocycles. The third kappa shape index (κ3) is 1.06. The zero-order valence-corrected chi connectivity index (χ0v) is 8.18. The van der Waals surface area contributed by atoms with Gasteiger partial charge in [0.2, 0.25) is 0 Å². The summed E-state index contributed by atoms with van der Waals surface area (Å²) >= 11 is 0. The van der Waals surface area contributed by atoms with Gasteiger partial charge >= 0.3 is 5.97 Å². The number of esters is 1. The zero-order chi connectivity index (χ0) is 9.35. The minimum Gasteiger partial charge on any atom is -0.468 e. The highest BCUT2D eigenvalue weighted by Gasteiger charge is 2.44. The fourth-order valence-electron chi connectivity index (χ4n) is 1.76. The second kappa shape index (κ2) is 2.92. The number of hydrogen-bond donors (Lipinski definition) is 0. The van der Waals surface area contributed by atoms with Crippen LogP contribution in [-0.4, -0.2) is 13.1 Å². The van der Waals surface area contributed by atoms with Crippen molar-refractivity contribution in [3.63, 3.8) is 0 Å². The van der Waals surface area contributed by atoms with Gasteiger partial charge in [0.1, 0.15) is 0 Å². The summed E-state index contributed by atoms with van der Waals surface area (Å²) in [6.45, 7) is 6.05. The van der Waals surface area contributed by atoms with Crippen molar-refractivity contribution in [3.8, 4) is 0 Å². The SMILES string of the molecule is COC(=O)[C@]1(C)C(C)=CC[C@H]1C. The van der Waals surface area contributed by atoms with E-state index in [2.05, 4.69) is 13.0 Å². The van der Waals surface area contributed by atoms with Gasteiger partial charge in [-0.05, 0) is 26.2 Å². The molecule has 2 atom stereocenters. The second-order valence-electron chi connectivity index (χ2n) is 3.72. The highest BCUT2D eigenvalue weighted by Crippen LogP contribution is 2.43. The lowest BCUT2D eigenvalue weighted by Crippen LogP contribution is -2.33. The van der Waals surface area contributed by atoms with E-state index in [0.29, 0.717) is 5.92 Å². The first-order valence-corrected chi connectivity index (χ1v) is 4.29. The fraction of sp³-hybridized carbons (Fsp3) is 0.700. The van der Waals surface area contributed by atoms with Crippen molar-refractivity contribution in [1.29, 1.82) is 0 Å². The summed E-state index contributed by atoms with van der Waals surface area (Å²) < 4.78 is 4.80. The van der Waals surface area contributed by atoms with Crippen molar-refractivity contribution in [2.24, 2.45) is 11.3 Å². The molecule has 0 bridgehead atoms. The maximum atomic E-state index is 11.5. The molecule has 0 heterocycles. The van der Waals surface area contributed by atoms with Crippen LogP contribution in [0, 0.1) is 11.3 Å². The summed E-state index contributed by atoms with van der Waals surface area (Å²) in [5, 5.41) is 0. The molecule has 0 aliphatic heterocycles. The Bertz CT molecular complexity index is 230. The second-order valence-corrected chi connectivity index (χ2v) is 3.72. The quantitative estimate of drug-likeness (QED) is 0.443. The Morgan fingerprint density at radius 1 is 1.75 bits per heavy atom. The van der Waals surface area contributed by atoms with Gasteiger partial charge in [-0.1, -0.05) is 18.6 Å². The molecule has 0 spiro atoms. The maximum absolute atomic E-state index is 11.5. The summed E-state index contributed by atoms with van der Waals surface area (Å²) in [5.41, 5.74) is 0.760. The van der Waals surface area contributed by atoms with Gasteiger partial charge < -0.3 is 4.74 Å². The lowest BCUT2D eigenvalue weighted by molar-refractivity contribution is -0.151. The fourth-order valence-corrected chi connectivity index (χ4v) is 1.76. The average molecular weight is 168 g/mol. The van der Waals surface area contributed by atoms with E-state index < -0.39 is 0 Å². The monoisotopic (exact) mass is 168 g/mol. The molecule has 0 unspecified atom stereocenters. The van der Waals surface area contributed by atoms with Gasteiger partial charge in [0.05, 0.1) is 12.5 Å². The normalized spacial score (nSPS) is 34.7. The molecule has 0 N–H and O–H groups in total. The molecule has 0 radical (unpaired) electrons. The van der Waals surface area contributed by atoms with Gasteiger partial charge in [0.25, 0.3) is 0 Å². The Labute approximate surface area is 73.6 Å². The summed E-state index contributed by atoms with van der Waals surface area (Å²) in [6.07, 6.45) is 3.11. The van der Waals surface area contributed by atoms with E-state index in [0.717, 1.165) is 12.0 Å². The standard InChI is InChI=1S/C10H16O2/c1-7-5-6-8(2)10(7,3)9(11)12-4/h5,8H,6H2,1-4H3/t8-,10-/m1/s1. The van der Waals surface area contributed by atoms with Crippen LogP contribution in [0.1, 0.15) is 27.2 Å². The lowest BCUT2D eigenvalue weighted by Gasteiger charge is -2.28. The summed E-state index contributed by atoms with van der Waals surface area (Å²) in [5.74, 6) is 0.256. The number of ether oxygens (including phenoxy) is 1. The highest BCUT2D eigenvalue weighted by atomic mass is 16.5. The Hall–Kier alpha value is -0.790. The van der Waals surface area contributed by atoms with Gasteiger partial charge in [-0.15, -0.1) is 0 Å². The van der Waals surface area contributed by atoms with Crippen LogP contribution < -0.4 is 0 Å². The van der Waals surface area contributed by atoms with E-state index >= 15 is 0 Å². The van der Waals surface area contributed by atoms with E-state index in [1.807, 2.05) is 13.8 Å². The van der Waals surface area contributed by atoms with Crippen molar-refractivity contribution in [3.05, 3.63) is 11.6 Å². The van der Waals surface area contributed by atoms with Crippen molar-refractivity contribution < 1.29 is 9.53 Å². The van der Waals surface area contributed by atoms with Gasteiger partial charge in [0, 0.05) is 0 Å². The van der Waals surface area contributed by atoms with Crippen LogP contribution in [0.2, 0.25) is 0 Å². The molecule has 0 aromatic carbocycles.